The van der Waals surface area contributed by atoms with E-state index in [4.69, 9.17) is 0 Å². The Morgan fingerprint density at radius 1 is 0.833 bits per heavy atom. The second-order valence-electron chi connectivity index (χ2n) is 7.52. The van der Waals surface area contributed by atoms with Gasteiger partial charge in [-0.15, -0.1) is 0 Å². The van der Waals surface area contributed by atoms with E-state index in [0.717, 1.165) is 11.8 Å². The Labute approximate surface area is 108 Å². The smallest absolute Gasteiger partial charge is 0.146 e. The van der Waals surface area contributed by atoms with Crippen molar-refractivity contribution in [3.05, 3.63) is 24.3 Å². The highest BCUT2D eigenvalue weighted by atomic mass is 16.1. The average Bonchev–Trinajstić information content (AvgIpc) is 3.14. The predicted octanol–water partition coefficient (Wildman–Crippen LogP) is 3.51. The number of carbonyl (C=O) groups is 1. The Morgan fingerprint density at radius 3 is 1.67 bits per heavy atom. The van der Waals surface area contributed by atoms with Crippen LogP contribution in [0.2, 0.25) is 0 Å². The molecule has 0 aromatic heterocycles. The Hall–Kier alpha value is -0.850. The lowest BCUT2D eigenvalue weighted by Gasteiger charge is -2.35. The van der Waals surface area contributed by atoms with E-state index in [2.05, 4.69) is 24.3 Å². The maximum atomic E-state index is 13.3. The van der Waals surface area contributed by atoms with E-state index in [9.17, 15) is 4.79 Å². The molecule has 6 atom stereocenters. The molecule has 1 nitrogen and oxygen atoms in total. The molecule has 1 heteroatoms. The lowest BCUT2D eigenvalue weighted by Crippen LogP contribution is -2.40. The van der Waals surface area contributed by atoms with E-state index >= 15 is 0 Å². The molecule has 4 bridgehead atoms. The molecule has 5 aliphatic carbocycles. The third-order valence-electron chi connectivity index (χ3n) is 6.94. The monoisotopic (exact) mass is 240 g/mol. The van der Waals surface area contributed by atoms with Crippen LogP contribution in [0.1, 0.15) is 38.5 Å². The number of Topliss-reactive ketones (excluding diaryl/α,β-unsaturated/α-hetero) is 1. The highest BCUT2D eigenvalue weighted by molar-refractivity contribution is 5.94. The minimum atomic E-state index is 0.0811. The van der Waals surface area contributed by atoms with Gasteiger partial charge in [-0.05, 0) is 62.2 Å². The second kappa shape index (κ2) is 2.84. The third-order valence-corrected chi connectivity index (χ3v) is 6.94. The van der Waals surface area contributed by atoms with Crippen molar-refractivity contribution < 1.29 is 4.79 Å². The van der Waals surface area contributed by atoms with Gasteiger partial charge in [0.05, 0.1) is 0 Å². The number of hydrogen-bond acceptors (Lipinski definition) is 1. The summed E-state index contributed by atoms with van der Waals surface area (Å²) in [6.07, 6.45) is 16.7. The summed E-state index contributed by atoms with van der Waals surface area (Å²) in [6.45, 7) is 0. The molecule has 6 unspecified atom stereocenters. The first-order valence-corrected chi connectivity index (χ1v) is 7.65. The Morgan fingerprint density at radius 2 is 1.33 bits per heavy atom. The van der Waals surface area contributed by atoms with Crippen LogP contribution >= 0.6 is 0 Å². The van der Waals surface area contributed by atoms with Gasteiger partial charge in [-0.2, -0.15) is 0 Å². The van der Waals surface area contributed by atoms with Gasteiger partial charge in [-0.25, -0.2) is 0 Å². The van der Waals surface area contributed by atoms with Crippen molar-refractivity contribution >= 4 is 5.78 Å². The summed E-state index contributed by atoms with van der Waals surface area (Å²) in [6, 6.07) is 0. The molecule has 0 aromatic rings. The third kappa shape index (κ3) is 0.897. The van der Waals surface area contributed by atoms with Gasteiger partial charge in [0.25, 0.3) is 0 Å². The molecule has 0 radical (unpaired) electrons. The normalized spacial score (nSPS) is 59.0. The molecule has 3 fully saturated rings. The Balaban J connectivity index is 1.58. The first kappa shape index (κ1) is 10.00. The number of carbonyl (C=O) groups excluding carboxylic acids is 1. The summed E-state index contributed by atoms with van der Waals surface area (Å²) >= 11 is 0. The minimum Gasteiger partial charge on any atom is -0.298 e. The molecule has 94 valence electrons. The van der Waals surface area contributed by atoms with Gasteiger partial charge in [-0.3, -0.25) is 4.79 Å². The van der Waals surface area contributed by atoms with Crippen LogP contribution in [0.15, 0.2) is 24.3 Å². The van der Waals surface area contributed by atoms with Crippen LogP contribution in [0.3, 0.4) is 0 Å². The van der Waals surface area contributed by atoms with Gasteiger partial charge >= 0.3 is 0 Å². The number of fused-ring (bicyclic) bond motifs is 6. The molecule has 3 saturated carbocycles. The molecule has 2 spiro atoms. The van der Waals surface area contributed by atoms with Crippen LogP contribution in [-0.2, 0) is 4.79 Å². The standard InChI is InChI=1S/C17H20O/c18-15-16(9-11-1-3-13(16)7-11)5-6-17(15)10-12-2-4-14(17)8-12/h1-4,11-14H,5-10H2. The molecule has 0 aromatic carbocycles. The van der Waals surface area contributed by atoms with E-state index in [1.807, 2.05) is 0 Å². The van der Waals surface area contributed by atoms with Crippen molar-refractivity contribution in [2.24, 2.45) is 34.5 Å². The van der Waals surface area contributed by atoms with Crippen molar-refractivity contribution in [2.75, 3.05) is 0 Å². The lowest BCUT2D eigenvalue weighted by atomic mass is 9.66. The highest BCUT2D eigenvalue weighted by Gasteiger charge is 2.66. The number of allylic oxidation sites excluding steroid dienone is 4. The highest BCUT2D eigenvalue weighted by Crippen LogP contribution is 2.68. The van der Waals surface area contributed by atoms with Gasteiger partial charge < -0.3 is 0 Å². The zero-order chi connectivity index (χ0) is 12.0. The minimum absolute atomic E-state index is 0.0811. The van der Waals surface area contributed by atoms with Crippen LogP contribution in [-0.4, -0.2) is 5.78 Å². The molecule has 5 aliphatic rings. The van der Waals surface area contributed by atoms with Crippen molar-refractivity contribution in [1.82, 2.24) is 0 Å². The van der Waals surface area contributed by atoms with E-state index in [-0.39, 0.29) is 10.8 Å². The maximum absolute atomic E-state index is 13.3. The van der Waals surface area contributed by atoms with Crippen LogP contribution in [0.25, 0.3) is 0 Å². The summed E-state index contributed by atoms with van der Waals surface area (Å²) in [7, 11) is 0. The fourth-order valence-electron chi connectivity index (χ4n) is 6.18. The van der Waals surface area contributed by atoms with Crippen molar-refractivity contribution in [2.45, 2.75) is 38.5 Å². The average molecular weight is 240 g/mol. The van der Waals surface area contributed by atoms with E-state index < -0.39 is 0 Å². The van der Waals surface area contributed by atoms with Crippen LogP contribution in [0.4, 0.5) is 0 Å². The van der Waals surface area contributed by atoms with Gasteiger partial charge in [-0.1, -0.05) is 24.3 Å². The Kier molecular flexibility index (Phi) is 1.58. The lowest BCUT2D eigenvalue weighted by molar-refractivity contribution is -0.136. The zero-order valence-corrected chi connectivity index (χ0v) is 10.8. The van der Waals surface area contributed by atoms with E-state index in [1.165, 1.54) is 38.5 Å². The summed E-state index contributed by atoms with van der Waals surface area (Å²) in [5.74, 6) is 3.32. The molecule has 0 heterocycles. The van der Waals surface area contributed by atoms with Gasteiger partial charge in [0.1, 0.15) is 5.78 Å². The summed E-state index contributed by atoms with van der Waals surface area (Å²) in [4.78, 5) is 13.3. The van der Waals surface area contributed by atoms with Gasteiger partial charge in [0, 0.05) is 10.8 Å². The summed E-state index contributed by atoms with van der Waals surface area (Å²) in [5.41, 5.74) is 0.162. The largest absolute Gasteiger partial charge is 0.298 e. The molecule has 0 aliphatic heterocycles. The molecule has 18 heavy (non-hydrogen) atoms. The summed E-state index contributed by atoms with van der Waals surface area (Å²) in [5, 5.41) is 0. The zero-order valence-electron chi connectivity index (χ0n) is 10.8. The number of rotatable bonds is 0. The SMILES string of the molecule is O=C1C2(CCC13CC1C=CC3C1)CC1C=CC2C1. The fraction of sp³-hybridized carbons (Fsp3) is 0.706. The van der Waals surface area contributed by atoms with Gasteiger partial charge in [0.2, 0.25) is 0 Å². The number of hydrogen-bond donors (Lipinski definition) is 0. The van der Waals surface area contributed by atoms with Crippen LogP contribution < -0.4 is 0 Å². The van der Waals surface area contributed by atoms with Crippen molar-refractivity contribution in [1.29, 1.82) is 0 Å². The van der Waals surface area contributed by atoms with Crippen LogP contribution in [0.5, 0.6) is 0 Å². The molecule has 0 amide bonds. The van der Waals surface area contributed by atoms with Crippen LogP contribution in [0, 0.1) is 34.5 Å². The second-order valence-corrected chi connectivity index (χ2v) is 7.52. The molecular weight excluding hydrogens is 220 g/mol. The molecular formula is C17H20O. The first-order chi connectivity index (χ1) is 8.73. The topological polar surface area (TPSA) is 17.1 Å². The fourth-order valence-corrected chi connectivity index (χ4v) is 6.18. The van der Waals surface area contributed by atoms with Crippen molar-refractivity contribution in [3.63, 3.8) is 0 Å². The maximum Gasteiger partial charge on any atom is 0.146 e. The predicted molar refractivity (Wildman–Crippen MR) is 69.8 cm³/mol. The molecule has 5 rings (SSSR count). The first-order valence-electron chi connectivity index (χ1n) is 7.65. The quantitative estimate of drug-likeness (QED) is 0.592. The molecule has 0 N–H and O–H groups in total. The number of ketones is 1. The van der Waals surface area contributed by atoms with Crippen molar-refractivity contribution in [3.8, 4) is 0 Å². The molecule has 0 saturated heterocycles. The van der Waals surface area contributed by atoms with E-state index in [0.29, 0.717) is 17.6 Å². The Bertz CT molecular complexity index is 458. The van der Waals surface area contributed by atoms with Gasteiger partial charge in [0.15, 0.2) is 0 Å². The summed E-state index contributed by atoms with van der Waals surface area (Å²) < 4.78 is 0. The van der Waals surface area contributed by atoms with E-state index in [1.54, 1.807) is 0 Å².